The van der Waals surface area contributed by atoms with Crippen LogP contribution in [0.1, 0.15) is 23.7 Å². The molecule has 3 N–H and O–H groups in total. The number of piperidine rings is 1. The zero-order valence-electron chi connectivity index (χ0n) is 13.9. The van der Waals surface area contributed by atoms with Gasteiger partial charge in [-0.25, -0.2) is 10.9 Å². The van der Waals surface area contributed by atoms with E-state index >= 15 is 0 Å². The predicted octanol–water partition coefficient (Wildman–Crippen LogP) is 1.53. The largest absolute Gasteiger partial charge is 0.376 e. The maximum absolute atomic E-state index is 12.0. The molecule has 2 fully saturated rings. The van der Waals surface area contributed by atoms with E-state index in [-0.39, 0.29) is 30.0 Å². The maximum Gasteiger partial charge on any atom is 0.221 e. The van der Waals surface area contributed by atoms with Gasteiger partial charge in [0.05, 0.1) is 31.1 Å². The van der Waals surface area contributed by atoms with Crippen molar-refractivity contribution < 1.29 is 9.53 Å². The molecule has 0 saturated carbocycles. The second kappa shape index (κ2) is 7.31. The fraction of sp³-hybridized carbons (Fsp3) is 0.368. The Balaban J connectivity index is 1.46. The molecule has 6 nitrogen and oxygen atoms in total. The van der Waals surface area contributed by atoms with Crippen molar-refractivity contribution in [2.75, 3.05) is 6.61 Å². The minimum Gasteiger partial charge on any atom is -0.376 e. The number of ether oxygens (including phenoxy) is 1. The van der Waals surface area contributed by atoms with Crippen LogP contribution in [0, 0.1) is 11.8 Å². The van der Waals surface area contributed by atoms with Crippen molar-refractivity contribution in [3.05, 3.63) is 66.0 Å². The van der Waals surface area contributed by atoms with E-state index in [1.54, 1.807) is 6.20 Å². The number of hydrogen-bond acceptors (Lipinski definition) is 5. The van der Waals surface area contributed by atoms with Crippen molar-refractivity contribution in [1.82, 2.24) is 21.2 Å². The summed E-state index contributed by atoms with van der Waals surface area (Å²) in [4.78, 5) is 16.5. The minimum absolute atomic E-state index is 0.0529. The van der Waals surface area contributed by atoms with E-state index in [2.05, 4.69) is 21.2 Å². The number of hydrogen-bond donors (Lipinski definition) is 3. The van der Waals surface area contributed by atoms with Crippen molar-refractivity contribution >= 4 is 5.91 Å². The summed E-state index contributed by atoms with van der Waals surface area (Å²) in [6.07, 6.45) is 2.17. The average molecular weight is 338 g/mol. The Hall–Kier alpha value is -2.28. The lowest BCUT2D eigenvalue weighted by Crippen LogP contribution is -2.53. The predicted molar refractivity (Wildman–Crippen MR) is 92.9 cm³/mol. The SMILES string of the molecule is O=C1CC(COCc2ccccc2)C2C(NNC2c2ccccn2)N1. The molecule has 1 amide bonds. The van der Waals surface area contributed by atoms with Gasteiger partial charge >= 0.3 is 0 Å². The number of rotatable bonds is 5. The molecule has 0 radical (unpaired) electrons. The third kappa shape index (κ3) is 3.56. The zero-order chi connectivity index (χ0) is 17.1. The first-order valence-electron chi connectivity index (χ1n) is 8.64. The molecule has 130 valence electrons. The monoisotopic (exact) mass is 338 g/mol. The molecule has 4 atom stereocenters. The van der Waals surface area contributed by atoms with Gasteiger partial charge in [-0.3, -0.25) is 9.78 Å². The topological polar surface area (TPSA) is 75.3 Å². The molecule has 1 aromatic heterocycles. The van der Waals surface area contributed by atoms with E-state index in [1.165, 1.54) is 0 Å². The first-order chi connectivity index (χ1) is 12.3. The van der Waals surface area contributed by atoms with E-state index in [1.807, 2.05) is 48.5 Å². The van der Waals surface area contributed by atoms with Gasteiger partial charge in [0.15, 0.2) is 0 Å². The summed E-state index contributed by atoms with van der Waals surface area (Å²) in [6, 6.07) is 16.1. The average Bonchev–Trinajstić information content (AvgIpc) is 3.07. The lowest BCUT2D eigenvalue weighted by Gasteiger charge is -2.35. The quantitative estimate of drug-likeness (QED) is 0.771. The molecular weight excluding hydrogens is 316 g/mol. The number of aromatic nitrogens is 1. The molecule has 2 aliphatic rings. The van der Waals surface area contributed by atoms with Gasteiger partial charge in [0.2, 0.25) is 5.91 Å². The van der Waals surface area contributed by atoms with Crippen LogP contribution in [0.25, 0.3) is 0 Å². The first kappa shape index (κ1) is 16.2. The number of fused-ring (bicyclic) bond motifs is 1. The third-order valence-electron chi connectivity index (χ3n) is 4.92. The molecule has 0 bridgehead atoms. The van der Waals surface area contributed by atoms with Crippen molar-refractivity contribution in [1.29, 1.82) is 0 Å². The lowest BCUT2D eigenvalue weighted by molar-refractivity contribution is -0.127. The number of amides is 1. The Kier molecular flexibility index (Phi) is 4.74. The summed E-state index contributed by atoms with van der Waals surface area (Å²) in [6.45, 7) is 1.11. The van der Waals surface area contributed by atoms with Crippen LogP contribution < -0.4 is 16.2 Å². The van der Waals surface area contributed by atoms with Gasteiger partial charge in [-0.2, -0.15) is 0 Å². The van der Waals surface area contributed by atoms with E-state index in [0.29, 0.717) is 19.6 Å². The van der Waals surface area contributed by atoms with Crippen LogP contribution >= 0.6 is 0 Å². The maximum atomic E-state index is 12.0. The van der Waals surface area contributed by atoms with Crippen LogP contribution in [0.2, 0.25) is 0 Å². The number of benzene rings is 1. The number of nitrogens with one attached hydrogen (secondary N) is 3. The molecule has 2 aromatic rings. The van der Waals surface area contributed by atoms with Crippen molar-refractivity contribution in [2.45, 2.75) is 25.2 Å². The van der Waals surface area contributed by atoms with Gasteiger partial charge < -0.3 is 10.1 Å². The lowest BCUT2D eigenvalue weighted by atomic mass is 9.79. The third-order valence-corrected chi connectivity index (χ3v) is 4.92. The highest BCUT2D eigenvalue weighted by Crippen LogP contribution is 2.37. The molecule has 2 saturated heterocycles. The van der Waals surface area contributed by atoms with Crippen molar-refractivity contribution in [2.24, 2.45) is 11.8 Å². The van der Waals surface area contributed by atoms with Gasteiger partial charge in [0, 0.05) is 18.5 Å². The van der Waals surface area contributed by atoms with E-state index in [4.69, 9.17) is 4.74 Å². The van der Waals surface area contributed by atoms with Crippen molar-refractivity contribution in [3.63, 3.8) is 0 Å². The van der Waals surface area contributed by atoms with Gasteiger partial charge in [0.25, 0.3) is 0 Å². The smallest absolute Gasteiger partial charge is 0.221 e. The Labute approximate surface area is 147 Å². The number of nitrogens with zero attached hydrogens (tertiary/aromatic N) is 1. The van der Waals surface area contributed by atoms with Crippen LogP contribution in [0.4, 0.5) is 0 Å². The highest BCUT2D eigenvalue weighted by molar-refractivity contribution is 5.77. The molecule has 6 heteroatoms. The summed E-state index contributed by atoms with van der Waals surface area (Å²) in [5, 5.41) is 3.02. The van der Waals surface area contributed by atoms with Crippen LogP contribution in [-0.4, -0.2) is 23.7 Å². The number of carbonyl (C=O) groups is 1. The van der Waals surface area contributed by atoms with E-state index in [0.717, 1.165) is 11.3 Å². The molecule has 1 aromatic carbocycles. The Morgan fingerprint density at radius 1 is 1.08 bits per heavy atom. The van der Waals surface area contributed by atoms with E-state index < -0.39 is 0 Å². The second-order valence-corrected chi connectivity index (χ2v) is 6.61. The van der Waals surface area contributed by atoms with Gasteiger partial charge in [-0.05, 0) is 23.6 Å². The summed E-state index contributed by atoms with van der Waals surface area (Å²) >= 11 is 0. The van der Waals surface area contributed by atoms with Gasteiger partial charge in [0.1, 0.15) is 0 Å². The zero-order valence-corrected chi connectivity index (χ0v) is 13.9. The molecule has 0 aliphatic carbocycles. The Morgan fingerprint density at radius 3 is 2.72 bits per heavy atom. The molecular formula is C19H22N4O2. The molecule has 3 heterocycles. The van der Waals surface area contributed by atoms with Crippen LogP contribution in [0.15, 0.2) is 54.7 Å². The first-order valence-corrected chi connectivity index (χ1v) is 8.64. The molecule has 4 rings (SSSR count). The number of carbonyl (C=O) groups excluding carboxylic acids is 1. The Bertz CT molecular complexity index is 710. The van der Waals surface area contributed by atoms with Crippen LogP contribution in [-0.2, 0) is 16.1 Å². The van der Waals surface area contributed by atoms with Crippen molar-refractivity contribution in [3.8, 4) is 0 Å². The number of hydrazine groups is 1. The fourth-order valence-corrected chi connectivity index (χ4v) is 3.75. The second-order valence-electron chi connectivity index (χ2n) is 6.61. The number of pyridine rings is 1. The summed E-state index contributed by atoms with van der Waals surface area (Å²) in [7, 11) is 0. The summed E-state index contributed by atoms with van der Waals surface area (Å²) in [5.41, 5.74) is 8.61. The normalized spacial score (nSPS) is 28.4. The summed E-state index contributed by atoms with van der Waals surface area (Å²) in [5.74, 6) is 0.394. The highest BCUT2D eigenvalue weighted by Gasteiger charge is 2.46. The highest BCUT2D eigenvalue weighted by atomic mass is 16.5. The van der Waals surface area contributed by atoms with E-state index in [9.17, 15) is 4.79 Å². The van der Waals surface area contributed by atoms with Crippen LogP contribution in [0.5, 0.6) is 0 Å². The van der Waals surface area contributed by atoms with Gasteiger partial charge in [-0.15, -0.1) is 0 Å². The summed E-state index contributed by atoms with van der Waals surface area (Å²) < 4.78 is 5.94. The Morgan fingerprint density at radius 2 is 1.92 bits per heavy atom. The van der Waals surface area contributed by atoms with Crippen LogP contribution in [0.3, 0.4) is 0 Å². The fourth-order valence-electron chi connectivity index (χ4n) is 3.75. The molecule has 0 spiro atoms. The molecule has 25 heavy (non-hydrogen) atoms. The molecule has 2 aliphatic heterocycles. The minimum atomic E-state index is -0.0985. The standard InChI is InChI=1S/C19H22N4O2/c24-16-10-14(12-25-11-13-6-2-1-3-7-13)17-18(22-23-19(17)21-16)15-8-4-5-9-20-15/h1-9,14,17-19,22-23H,10-12H2,(H,21,24). The van der Waals surface area contributed by atoms with Gasteiger partial charge in [-0.1, -0.05) is 36.4 Å². The molecule has 4 unspecified atom stereocenters.